The van der Waals surface area contributed by atoms with Crippen LogP contribution in [0.3, 0.4) is 0 Å². The zero-order valence-electron chi connectivity index (χ0n) is 20.4. The third kappa shape index (κ3) is 5.37. The van der Waals surface area contributed by atoms with Crippen molar-refractivity contribution in [1.29, 1.82) is 0 Å². The second-order valence-corrected chi connectivity index (χ2v) is 9.22. The number of imidazole rings is 1. The van der Waals surface area contributed by atoms with Gasteiger partial charge in [0.1, 0.15) is 23.1 Å². The number of unbranched alkanes of at least 4 members (excludes halogenated alkanes) is 1. The zero-order chi connectivity index (χ0) is 24.9. The average molecular weight is 475 g/mol. The van der Waals surface area contributed by atoms with Crippen molar-refractivity contribution in [2.24, 2.45) is 5.92 Å². The van der Waals surface area contributed by atoms with Crippen LogP contribution in [0.25, 0.3) is 22.4 Å². The lowest BCUT2D eigenvalue weighted by molar-refractivity contribution is 0.0965. The molecule has 0 saturated heterocycles. The summed E-state index contributed by atoms with van der Waals surface area (Å²) in [6.07, 6.45) is 1.96. The number of ketones is 1. The molecule has 1 heterocycles. The number of phenols is 1. The molecule has 3 aromatic carbocycles. The van der Waals surface area contributed by atoms with E-state index in [9.17, 15) is 14.3 Å². The van der Waals surface area contributed by atoms with Crippen molar-refractivity contribution in [2.45, 2.75) is 46.6 Å². The van der Waals surface area contributed by atoms with E-state index in [-0.39, 0.29) is 23.3 Å². The molecule has 0 fully saturated rings. The van der Waals surface area contributed by atoms with Crippen LogP contribution in [-0.4, -0.2) is 27.0 Å². The Morgan fingerprint density at radius 3 is 2.57 bits per heavy atom. The van der Waals surface area contributed by atoms with Gasteiger partial charge in [0.2, 0.25) is 0 Å². The number of rotatable bonds is 10. The van der Waals surface area contributed by atoms with Crippen LogP contribution in [-0.2, 0) is 6.54 Å². The van der Waals surface area contributed by atoms with E-state index < -0.39 is 0 Å². The fourth-order valence-electron chi connectivity index (χ4n) is 4.25. The number of aryl methyl sites for hydroxylation is 1. The molecule has 4 rings (SSSR count). The zero-order valence-corrected chi connectivity index (χ0v) is 20.4. The summed E-state index contributed by atoms with van der Waals surface area (Å²) in [5.74, 6) is 1.05. The number of Topliss-reactive ketones (excluding diaryl/α,β-unsaturated/α-hetero) is 1. The van der Waals surface area contributed by atoms with Crippen molar-refractivity contribution in [3.63, 3.8) is 0 Å². The van der Waals surface area contributed by atoms with Gasteiger partial charge in [-0.25, -0.2) is 9.37 Å². The van der Waals surface area contributed by atoms with Crippen LogP contribution < -0.4 is 4.74 Å². The van der Waals surface area contributed by atoms with E-state index >= 15 is 0 Å². The molecule has 6 heteroatoms. The van der Waals surface area contributed by atoms with Crippen LogP contribution >= 0.6 is 0 Å². The smallest absolute Gasteiger partial charge is 0.166 e. The van der Waals surface area contributed by atoms with Gasteiger partial charge in [0.25, 0.3) is 0 Å². The second-order valence-electron chi connectivity index (χ2n) is 9.22. The molecule has 0 unspecified atom stereocenters. The number of hydrogen-bond acceptors (Lipinski definition) is 4. The number of fused-ring (bicyclic) bond motifs is 1. The van der Waals surface area contributed by atoms with Crippen LogP contribution in [0.2, 0.25) is 0 Å². The molecular formula is C29H31FN2O3. The van der Waals surface area contributed by atoms with Crippen molar-refractivity contribution in [3.8, 4) is 22.9 Å². The molecule has 5 nitrogen and oxygen atoms in total. The summed E-state index contributed by atoms with van der Waals surface area (Å²) in [5, 5.41) is 10.5. The standard InChI is InChI=1S/C29H31FN2O3/c1-19(2)18-26(33)22-14-15-27(20(3)28(22)34)35-17-9-8-16-32-25-13-7-6-12-24(25)31-29(32)21-10-4-5-11-23(21)30/h4-7,10-15,19,34H,8-9,16-18H2,1-3H3. The number of carbonyl (C=O) groups is 1. The molecule has 1 N–H and O–H groups in total. The van der Waals surface area contributed by atoms with Crippen LogP contribution in [0.15, 0.2) is 60.7 Å². The molecule has 0 radical (unpaired) electrons. The van der Waals surface area contributed by atoms with Crippen LogP contribution in [0.4, 0.5) is 4.39 Å². The Morgan fingerprint density at radius 2 is 1.80 bits per heavy atom. The average Bonchev–Trinajstić information content (AvgIpc) is 3.19. The molecule has 0 aliphatic carbocycles. The molecule has 0 atom stereocenters. The predicted molar refractivity (Wildman–Crippen MR) is 136 cm³/mol. The molecule has 4 aromatic rings. The van der Waals surface area contributed by atoms with E-state index in [2.05, 4.69) is 9.55 Å². The molecule has 0 saturated carbocycles. The number of para-hydroxylation sites is 2. The van der Waals surface area contributed by atoms with Crippen molar-refractivity contribution >= 4 is 16.8 Å². The lowest BCUT2D eigenvalue weighted by Gasteiger charge is -2.14. The second kappa shape index (κ2) is 10.7. The highest BCUT2D eigenvalue weighted by molar-refractivity contribution is 5.99. The van der Waals surface area contributed by atoms with Gasteiger partial charge in [0, 0.05) is 18.5 Å². The first-order chi connectivity index (χ1) is 16.9. The number of aromatic hydroxyl groups is 1. The van der Waals surface area contributed by atoms with Crippen molar-refractivity contribution < 1.29 is 19.0 Å². The first-order valence-electron chi connectivity index (χ1n) is 12.1. The Hall–Kier alpha value is -3.67. The molecule has 0 spiro atoms. The number of hydrogen-bond donors (Lipinski definition) is 1. The molecule has 182 valence electrons. The third-order valence-electron chi connectivity index (χ3n) is 6.08. The number of nitrogens with zero attached hydrogens (tertiary/aromatic N) is 2. The molecule has 0 bridgehead atoms. The lowest BCUT2D eigenvalue weighted by atomic mass is 9.98. The lowest BCUT2D eigenvalue weighted by Crippen LogP contribution is -2.07. The number of carbonyl (C=O) groups excluding carboxylic acids is 1. The molecule has 0 aliphatic rings. The van der Waals surface area contributed by atoms with E-state index in [0.717, 1.165) is 23.9 Å². The summed E-state index contributed by atoms with van der Waals surface area (Å²) >= 11 is 0. The SMILES string of the molecule is Cc1c(OCCCCn2c(-c3ccccc3F)nc3ccccc32)ccc(C(=O)CC(C)C)c1O. The maximum absolute atomic E-state index is 14.5. The Labute approximate surface area is 205 Å². The van der Waals surface area contributed by atoms with Crippen molar-refractivity contribution in [1.82, 2.24) is 9.55 Å². The first kappa shape index (κ1) is 24.5. The quantitative estimate of drug-likeness (QED) is 0.200. The summed E-state index contributed by atoms with van der Waals surface area (Å²) in [6, 6.07) is 17.9. The van der Waals surface area contributed by atoms with Gasteiger partial charge in [-0.05, 0) is 62.1 Å². The Bertz CT molecular complexity index is 1340. The minimum Gasteiger partial charge on any atom is -0.507 e. The van der Waals surface area contributed by atoms with Crippen LogP contribution in [0, 0.1) is 18.7 Å². The molecule has 35 heavy (non-hydrogen) atoms. The van der Waals surface area contributed by atoms with Crippen LogP contribution in [0.1, 0.15) is 49.0 Å². The highest BCUT2D eigenvalue weighted by Gasteiger charge is 2.18. The van der Waals surface area contributed by atoms with Gasteiger partial charge in [0.05, 0.1) is 28.8 Å². The first-order valence-corrected chi connectivity index (χ1v) is 12.1. The van der Waals surface area contributed by atoms with Gasteiger partial charge in [-0.1, -0.05) is 38.1 Å². The van der Waals surface area contributed by atoms with Crippen molar-refractivity contribution in [3.05, 3.63) is 77.6 Å². The van der Waals surface area contributed by atoms with Gasteiger partial charge in [-0.3, -0.25) is 4.79 Å². The molecular weight excluding hydrogens is 443 g/mol. The highest BCUT2D eigenvalue weighted by Crippen LogP contribution is 2.32. The molecule has 0 amide bonds. The van der Waals surface area contributed by atoms with E-state index in [4.69, 9.17) is 4.74 Å². The number of benzene rings is 3. The maximum Gasteiger partial charge on any atom is 0.166 e. The summed E-state index contributed by atoms with van der Waals surface area (Å²) < 4.78 is 22.5. The molecule has 1 aromatic heterocycles. The predicted octanol–water partition coefficient (Wildman–Crippen LogP) is 6.94. The van der Waals surface area contributed by atoms with E-state index in [0.29, 0.717) is 47.8 Å². The van der Waals surface area contributed by atoms with Crippen LogP contribution in [0.5, 0.6) is 11.5 Å². The summed E-state index contributed by atoms with van der Waals surface area (Å²) in [6.45, 7) is 6.84. The van der Waals surface area contributed by atoms with E-state index in [1.807, 2.05) is 44.2 Å². The van der Waals surface area contributed by atoms with Crippen molar-refractivity contribution in [2.75, 3.05) is 6.61 Å². The number of ether oxygens (including phenoxy) is 1. The normalized spacial score (nSPS) is 11.3. The maximum atomic E-state index is 14.5. The monoisotopic (exact) mass is 474 g/mol. The Morgan fingerprint density at radius 1 is 1.06 bits per heavy atom. The van der Waals surface area contributed by atoms with Gasteiger partial charge in [-0.15, -0.1) is 0 Å². The van der Waals surface area contributed by atoms with Gasteiger partial charge in [-0.2, -0.15) is 0 Å². The number of aromatic nitrogens is 2. The third-order valence-corrected chi connectivity index (χ3v) is 6.08. The summed E-state index contributed by atoms with van der Waals surface area (Å²) in [4.78, 5) is 17.1. The summed E-state index contributed by atoms with van der Waals surface area (Å²) in [7, 11) is 0. The van der Waals surface area contributed by atoms with Gasteiger partial charge < -0.3 is 14.4 Å². The number of phenolic OH excluding ortho intramolecular Hbond substituents is 1. The van der Waals surface area contributed by atoms with Gasteiger partial charge >= 0.3 is 0 Å². The Balaban J connectivity index is 1.42. The topological polar surface area (TPSA) is 64.4 Å². The van der Waals surface area contributed by atoms with E-state index in [1.54, 1.807) is 31.2 Å². The molecule has 0 aliphatic heterocycles. The van der Waals surface area contributed by atoms with Gasteiger partial charge in [0.15, 0.2) is 5.78 Å². The Kier molecular flexibility index (Phi) is 7.49. The minimum atomic E-state index is -0.294. The highest BCUT2D eigenvalue weighted by atomic mass is 19.1. The number of halogens is 1. The fourth-order valence-corrected chi connectivity index (χ4v) is 4.25. The minimum absolute atomic E-state index is 0.00688. The fraction of sp³-hybridized carbons (Fsp3) is 0.310. The summed E-state index contributed by atoms with van der Waals surface area (Å²) in [5.41, 5.74) is 3.20. The largest absolute Gasteiger partial charge is 0.507 e. The van der Waals surface area contributed by atoms with E-state index in [1.165, 1.54) is 6.07 Å².